The molecule has 1 heterocycles. The number of nitrogens with one attached hydrogen (secondary N) is 1. The Bertz CT molecular complexity index is 995. The number of halogens is 1. The van der Waals surface area contributed by atoms with Crippen molar-refractivity contribution < 1.29 is 18.4 Å². The van der Waals surface area contributed by atoms with Crippen LogP contribution in [0.2, 0.25) is 0 Å². The van der Waals surface area contributed by atoms with Crippen LogP contribution in [0.15, 0.2) is 40.9 Å². The third-order valence-electron chi connectivity index (χ3n) is 4.34. The van der Waals surface area contributed by atoms with Gasteiger partial charge in [-0.2, -0.15) is 0 Å². The van der Waals surface area contributed by atoms with Crippen molar-refractivity contribution in [3.05, 3.63) is 75.9 Å². The Kier molecular flexibility index (Phi) is 5.26. The highest BCUT2D eigenvalue weighted by molar-refractivity contribution is 6.04. The van der Waals surface area contributed by atoms with Crippen LogP contribution in [0.1, 0.15) is 38.5 Å². The molecule has 3 aromatic rings. The molecular formula is C21H21FN2O3. The molecular weight excluding hydrogens is 347 g/mol. The van der Waals surface area contributed by atoms with Crippen LogP contribution in [0.5, 0.6) is 5.75 Å². The van der Waals surface area contributed by atoms with E-state index >= 15 is 0 Å². The molecule has 0 saturated heterocycles. The molecule has 6 heteroatoms. The highest BCUT2D eigenvalue weighted by atomic mass is 19.1. The SMILES string of the molecule is Cc1ccc(OCc2c(C(=O)Nc3ccc(F)cc3C)noc2C)c(C)c1. The Morgan fingerprint density at radius 1 is 1.11 bits per heavy atom. The number of hydrogen-bond donors (Lipinski definition) is 1. The number of hydrogen-bond acceptors (Lipinski definition) is 4. The first-order chi connectivity index (χ1) is 12.8. The van der Waals surface area contributed by atoms with Crippen LogP contribution >= 0.6 is 0 Å². The van der Waals surface area contributed by atoms with Crippen LogP contribution in [0.3, 0.4) is 0 Å². The summed E-state index contributed by atoms with van der Waals surface area (Å²) in [4.78, 5) is 12.6. The second-order valence-corrected chi connectivity index (χ2v) is 6.54. The third-order valence-corrected chi connectivity index (χ3v) is 4.34. The van der Waals surface area contributed by atoms with Gasteiger partial charge in [-0.3, -0.25) is 4.79 Å². The van der Waals surface area contributed by atoms with E-state index in [4.69, 9.17) is 9.26 Å². The maximum Gasteiger partial charge on any atom is 0.278 e. The summed E-state index contributed by atoms with van der Waals surface area (Å²) in [6, 6.07) is 10.1. The smallest absolute Gasteiger partial charge is 0.278 e. The van der Waals surface area contributed by atoms with Gasteiger partial charge in [0.25, 0.3) is 5.91 Å². The van der Waals surface area contributed by atoms with Crippen LogP contribution < -0.4 is 10.1 Å². The topological polar surface area (TPSA) is 64.4 Å². The Balaban J connectivity index is 1.78. The quantitative estimate of drug-likeness (QED) is 0.697. The molecule has 0 radical (unpaired) electrons. The molecule has 0 unspecified atom stereocenters. The number of anilines is 1. The molecule has 0 aliphatic rings. The summed E-state index contributed by atoms with van der Waals surface area (Å²) in [6.07, 6.45) is 0. The van der Waals surface area contributed by atoms with Crippen molar-refractivity contribution >= 4 is 11.6 Å². The predicted octanol–water partition coefficient (Wildman–Crippen LogP) is 4.88. The molecule has 0 spiro atoms. The lowest BCUT2D eigenvalue weighted by Gasteiger charge is -2.11. The van der Waals surface area contributed by atoms with E-state index in [-0.39, 0.29) is 18.1 Å². The molecule has 0 atom stereocenters. The highest BCUT2D eigenvalue weighted by Crippen LogP contribution is 2.23. The van der Waals surface area contributed by atoms with E-state index in [1.807, 2.05) is 32.0 Å². The lowest BCUT2D eigenvalue weighted by atomic mass is 10.1. The van der Waals surface area contributed by atoms with E-state index in [1.54, 1.807) is 13.8 Å². The predicted molar refractivity (Wildman–Crippen MR) is 101 cm³/mol. The zero-order chi connectivity index (χ0) is 19.6. The molecule has 0 fully saturated rings. The largest absolute Gasteiger partial charge is 0.488 e. The Labute approximate surface area is 157 Å². The van der Waals surface area contributed by atoms with Gasteiger partial charge in [0, 0.05) is 5.69 Å². The number of nitrogens with zero attached hydrogens (tertiary/aromatic N) is 1. The number of aromatic nitrogens is 1. The summed E-state index contributed by atoms with van der Waals surface area (Å²) in [5.41, 5.74) is 4.03. The maximum atomic E-state index is 13.2. The molecule has 3 rings (SSSR count). The van der Waals surface area contributed by atoms with Crippen LogP contribution in [0.25, 0.3) is 0 Å². The zero-order valence-corrected chi connectivity index (χ0v) is 15.7. The van der Waals surface area contributed by atoms with Gasteiger partial charge in [-0.05, 0) is 63.1 Å². The molecule has 1 amide bonds. The van der Waals surface area contributed by atoms with Gasteiger partial charge in [-0.15, -0.1) is 0 Å². The van der Waals surface area contributed by atoms with Crippen molar-refractivity contribution in [3.63, 3.8) is 0 Å². The number of aryl methyl sites for hydroxylation is 4. The van der Waals surface area contributed by atoms with E-state index in [1.165, 1.54) is 18.2 Å². The number of carbonyl (C=O) groups excluding carboxylic acids is 1. The van der Waals surface area contributed by atoms with Crippen molar-refractivity contribution in [1.82, 2.24) is 5.16 Å². The lowest BCUT2D eigenvalue weighted by molar-refractivity contribution is 0.101. The number of carbonyl (C=O) groups is 1. The van der Waals surface area contributed by atoms with Crippen molar-refractivity contribution in [2.75, 3.05) is 5.32 Å². The summed E-state index contributed by atoms with van der Waals surface area (Å²) >= 11 is 0. The van der Waals surface area contributed by atoms with Crippen molar-refractivity contribution in [2.24, 2.45) is 0 Å². The fourth-order valence-corrected chi connectivity index (χ4v) is 2.80. The minimum absolute atomic E-state index is 0.154. The average molecular weight is 368 g/mol. The second kappa shape index (κ2) is 7.61. The minimum atomic E-state index is -0.430. The molecule has 1 aromatic heterocycles. The Hall–Kier alpha value is -3.15. The molecule has 0 aliphatic heterocycles. The van der Waals surface area contributed by atoms with E-state index in [2.05, 4.69) is 10.5 Å². The van der Waals surface area contributed by atoms with Gasteiger partial charge < -0.3 is 14.6 Å². The Morgan fingerprint density at radius 3 is 2.59 bits per heavy atom. The normalized spacial score (nSPS) is 10.7. The van der Waals surface area contributed by atoms with Gasteiger partial charge in [0.1, 0.15) is 23.9 Å². The number of ether oxygens (including phenoxy) is 1. The van der Waals surface area contributed by atoms with Crippen LogP contribution in [0, 0.1) is 33.5 Å². The van der Waals surface area contributed by atoms with Gasteiger partial charge >= 0.3 is 0 Å². The molecule has 140 valence electrons. The fourth-order valence-electron chi connectivity index (χ4n) is 2.80. The monoisotopic (exact) mass is 368 g/mol. The second-order valence-electron chi connectivity index (χ2n) is 6.54. The average Bonchev–Trinajstić information content (AvgIpc) is 2.97. The van der Waals surface area contributed by atoms with Gasteiger partial charge in [0.05, 0.1) is 5.56 Å². The zero-order valence-electron chi connectivity index (χ0n) is 15.7. The Morgan fingerprint density at radius 2 is 1.89 bits per heavy atom. The fraction of sp³-hybridized carbons (Fsp3) is 0.238. The summed E-state index contributed by atoms with van der Waals surface area (Å²) < 4.78 is 24.3. The third kappa shape index (κ3) is 4.16. The molecule has 0 aliphatic carbocycles. The molecule has 2 aromatic carbocycles. The molecule has 27 heavy (non-hydrogen) atoms. The van der Waals surface area contributed by atoms with Gasteiger partial charge in [0.15, 0.2) is 5.69 Å². The van der Waals surface area contributed by atoms with Crippen molar-refractivity contribution in [2.45, 2.75) is 34.3 Å². The summed E-state index contributed by atoms with van der Waals surface area (Å²) in [5, 5.41) is 6.61. The van der Waals surface area contributed by atoms with Gasteiger partial charge in [0.2, 0.25) is 0 Å². The summed E-state index contributed by atoms with van der Waals surface area (Å²) in [6.45, 7) is 7.59. The molecule has 1 N–H and O–H groups in total. The minimum Gasteiger partial charge on any atom is -0.488 e. The number of rotatable bonds is 5. The van der Waals surface area contributed by atoms with Gasteiger partial charge in [-0.1, -0.05) is 22.9 Å². The summed E-state index contributed by atoms with van der Waals surface area (Å²) in [7, 11) is 0. The first kappa shape index (κ1) is 18.6. The maximum absolute atomic E-state index is 13.2. The molecule has 5 nitrogen and oxygen atoms in total. The standard InChI is InChI=1S/C21H21FN2O3/c1-12-5-8-19(14(3)9-12)26-11-17-15(4)27-24-20(17)21(25)23-18-7-6-16(22)10-13(18)2/h5-10H,11H2,1-4H3,(H,23,25). The lowest BCUT2D eigenvalue weighted by Crippen LogP contribution is -2.16. The molecule has 0 bridgehead atoms. The van der Waals surface area contributed by atoms with Gasteiger partial charge in [-0.25, -0.2) is 4.39 Å². The number of benzene rings is 2. The van der Waals surface area contributed by atoms with Crippen molar-refractivity contribution in [1.29, 1.82) is 0 Å². The summed E-state index contributed by atoms with van der Waals surface area (Å²) in [5.74, 6) is 0.466. The van der Waals surface area contributed by atoms with Crippen LogP contribution in [-0.4, -0.2) is 11.1 Å². The van der Waals surface area contributed by atoms with E-state index in [0.717, 1.165) is 16.9 Å². The van der Waals surface area contributed by atoms with Crippen molar-refractivity contribution in [3.8, 4) is 5.75 Å². The van der Waals surface area contributed by atoms with Crippen LogP contribution in [0.4, 0.5) is 10.1 Å². The first-order valence-corrected chi connectivity index (χ1v) is 8.58. The van der Waals surface area contributed by atoms with Crippen LogP contribution in [-0.2, 0) is 6.61 Å². The van der Waals surface area contributed by atoms with E-state index in [9.17, 15) is 9.18 Å². The van der Waals surface area contributed by atoms with E-state index in [0.29, 0.717) is 22.6 Å². The van der Waals surface area contributed by atoms with E-state index < -0.39 is 5.91 Å². The first-order valence-electron chi connectivity index (χ1n) is 8.58. The molecule has 0 saturated carbocycles. The highest BCUT2D eigenvalue weighted by Gasteiger charge is 2.21. The number of amides is 1.